The number of aromatic nitrogens is 3. The zero-order valence-electron chi connectivity index (χ0n) is 16.0. The summed E-state index contributed by atoms with van der Waals surface area (Å²) in [6, 6.07) is 6.41. The van der Waals surface area contributed by atoms with Crippen LogP contribution in [-0.2, 0) is 10.2 Å². The molecule has 3 aromatic heterocycles. The number of carbonyl (C=O) groups is 2. The molecule has 3 aromatic rings. The molecule has 0 aliphatic rings. The average Bonchev–Trinajstić information content (AvgIpc) is 3.18. The van der Waals surface area contributed by atoms with Gasteiger partial charge in [-0.15, -0.1) is 0 Å². The maximum absolute atomic E-state index is 12.8. The van der Waals surface area contributed by atoms with Gasteiger partial charge in [-0.3, -0.25) is 9.59 Å². The van der Waals surface area contributed by atoms with E-state index < -0.39 is 17.9 Å². The van der Waals surface area contributed by atoms with Crippen LogP contribution in [0.2, 0.25) is 0 Å². The van der Waals surface area contributed by atoms with Crippen LogP contribution in [0.3, 0.4) is 0 Å². The van der Waals surface area contributed by atoms with Crippen molar-refractivity contribution in [3.05, 3.63) is 47.7 Å². The summed E-state index contributed by atoms with van der Waals surface area (Å²) in [7, 11) is 0. The topological polar surface area (TPSA) is 102 Å². The molecule has 0 bridgehead atoms. The Morgan fingerprint density at radius 2 is 2.00 bits per heavy atom. The Balaban J connectivity index is 1.80. The monoisotopic (exact) mass is 369 g/mol. The van der Waals surface area contributed by atoms with Crippen LogP contribution in [0.4, 0.5) is 5.82 Å². The quantitative estimate of drug-likeness (QED) is 0.736. The molecule has 8 heteroatoms. The van der Waals surface area contributed by atoms with Crippen molar-refractivity contribution in [3.8, 4) is 0 Å². The molecule has 0 aliphatic carbocycles. The lowest BCUT2D eigenvalue weighted by Gasteiger charge is -2.16. The summed E-state index contributed by atoms with van der Waals surface area (Å²) in [5.41, 5.74) is 0.744. The Labute approximate surface area is 156 Å². The van der Waals surface area contributed by atoms with E-state index in [9.17, 15) is 9.59 Å². The highest BCUT2D eigenvalue weighted by Gasteiger charge is 2.26. The third-order valence-electron chi connectivity index (χ3n) is 4.05. The minimum absolute atomic E-state index is 0.239. The molecule has 3 rings (SSSR count). The van der Waals surface area contributed by atoms with Crippen molar-refractivity contribution >= 4 is 23.1 Å². The molecule has 0 radical (unpaired) electrons. The molecular weight excluding hydrogens is 346 g/mol. The number of amides is 2. The van der Waals surface area contributed by atoms with E-state index in [4.69, 9.17) is 4.52 Å². The van der Waals surface area contributed by atoms with E-state index in [1.165, 1.54) is 0 Å². The molecule has 1 atom stereocenters. The molecule has 0 saturated heterocycles. The number of nitrogens with zero attached hydrogens (tertiary/aromatic N) is 3. The van der Waals surface area contributed by atoms with Crippen LogP contribution in [0.25, 0.3) is 5.52 Å². The first kappa shape index (κ1) is 18.6. The average molecular weight is 369 g/mol. The van der Waals surface area contributed by atoms with Crippen molar-refractivity contribution in [2.75, 3.05) is 5.32 Å². The van der Waals surface area contributed by atoms with Gasteiger partial charge in [0.05, 0.1) is 5.52 Å². The number of pyridine rings is 1. The minimum Gasteiger partial charge on any atom is -0.360 e. The molecule has 0 saturated carbocycles. The Morgan fingerprint density at radius 1 is 1.26 bits per heavy atom. The summed E-state index contributed by atoms with van der Waals surface area (Å²) in [5, 5.41) is 9.01. The van der Waals surface area contributed by atoms with Gasteiger partial charge in [0.2, 0.25) is 5.91 Å². The molecule has 2 N–H and O–H groups in total. The lowest BCUT2D eigenvalue weighted by atomic mass is 9.96. The van der Waals surface area contributed by atoms with E-state index in [0.29, 0.717) is 17.1 Å². The second-order valence-corrected chi connectivity index (χ2v) is 7.50. The van der Waals surface area contributed by atoms with Crippen molar-refractivity contribution in [1.29, 1.82) is 0 Å². The predicted molar refractivity (Wildman–Crippen MR) is 101 cm³/mol. The summed E-state index contributed by atoms with van der Waals surface area (Å²) in [5.74, 6) is 0.866. The van der Waals surface area contributed by atoms with E-state index in [0.717, 1.165) is 5.82 Å². The molecule has 0 aromatic carbocycles. The van der Waals surface area contributed by atoms with Crippen molar-refractivity contribution in [1.82, 2.24) is 19.9 Å². The smallest absolute Gasteiger partial charge is 0.272 e. The molecule has 8 nitrogen and oxygen atoms in total. The van der Waals surface area contributed by atoms with Gasteiger partial charge in [0.1, 0.15) is 17.6 Å². The van der Waals surface area contributed by atoms with Gasteiger partial charge in [0, 0.05) is 17.7 Å². The number of imidazole rings is 1. The van der Waals surface area contributed by atoms with Gasteiger partial charge in [-0.25, -0.2) is 4.98 Å². The van der Waals surface area contributed by atoms with Gasteiger partial charge in [0.25, 0.3) is 5.91 Å². The number of hydrogen-bond acceptors (Lipinski definition) is 5. The summed E-state index contributed by atoms with van der Waals surface area (Å²) >= 11 is 0. The van der Waals surface area contributed by atoms with E-state index in [1.807, 2.05) is 49.6 Å². The molecule has 0 aliphatic heterocycles. The van der Waals surface area contributed by atoms with E-state index in [1.54, 1.807) is 19.9 Å². The van der Waals surface area contributed by atoms with Crippen LogP contribution < -0.4 is 10.6 Å². The van der Waals surface area contributed by atoms with E-state index >= 15 is 0 Å². The van der Waals surface area contributed by atoms with Crippen LogP contribution in [0.1, 0.15) is 49.8 Å². The maximum atomic E-state index is 12.8. The van der Waals surface area contributed by atoms with Gasteiger partial charge in [-0.05, 0) is 26.0 Å². The normalized spacial score (nSPS) is 12.8. The fraction of sp³-hybridized carbons (Fsp3) is 0.368. The summed E-state index contributed by atoms with van der Waals surface area (Å²) < 4.78 is 6.81. The molecule has 0 fully saturated rings. The maximum Gasteiger partial charge on any atom is 0.272 e. The Morgan fingerprint density at radius 3 is 2.63 bits per heavy atom. The van der Waals surface area contributed by atoms with Gasteiger partial charge in [0.15, 0.2) is 11.5 Å². The zero-order chi connectivity index (χ0) is 19.8. The second kappa shape index (κ2) is 6.86. The number of anilines is 1. The van der Waals surface area contributed by atoms with Crippen LogP contribution in [0.5, 0.6) is 0 Å². The van der Waals surface area contributed by atoms with Crippen LogP contribution >= 0.6 is 0 Å². The van der Waals surface area contributed by atoms with Gasteiger partial charge < -0.3 is 19.6 Å². The SMILES string of the molecule is Cc1cc(NC(=O)C(C)NC(=O)c2nc(C(C)(C)C)n3ccccc23)no1. The molecule has 0 spiro atoms. The third-order valence-corrected chi connectivity index (χ3v) is 4.05. The lowest BCUT2D eigenvalue weighted by Crippen LogP contribution is -2.41. The number of fused-ring (bicyclic) bond motifs is 1. The summed E-state index contributed by atoms with van der Waals surface area (Å²) in [6.07, 6.45) is 1.88. The molecule has 27 heavy (non-hydrogen) atoms. The second-order valence-electron chi connectivity index (χ2n) is 7.50. The number of carbonyl (C=O) groups excluding carboxylic acids is 2. The zero-order valence-corrected chi connectivity index (χ0v) is 16.0. The first-order valence-electron chi connectivity index (χ1n) is 8.69. The highest BCUT2D eigenvalue weighted by atomic mass is 16.5. The summed E-state index contributed by atoms with van der Waals surface area (Å²) in [6.45, 7) is 9.43. The number of rotatable bonds is 4. The highest BCUT2D eigenvalue weighted by Crippen LogP contribution is 2.24. The number of hydrogen-bond donors (Lipinski definition) is 2. The Kier molecular flexibility index (Phi) is 4.73. The third kappa shape index (κ3) is 3.84. The van der Waals surface area contributed by atoms with Gasteiger partial charge in [-0.2, -0.15) is 0 Å². The van der Waals surface area contributed by atoms with Crippen molar-refractivity contribution in [2.45, 2.75) is 46.1 Å². The Bertz CT molecular complexity index is 996. The van der Waals surface area contributed by atoms with Gasteiger partial charge >= 0.3 is 0 Å². The van der Waals surface area contributed by atoms with Crippen molar-refractivity contribution < 1.29 is 14.1 Å². The molecule has 3 heterocycles. The fourth-order valence-corrected chi connectivity index (χ4v) is 2.72. The highest BCUT2D eigenvalue weighted by molar-refractivity contribution is 6.03. The lowest BCUT2D eigenvalue weighted by molar-refractivity contribution is -0.117. The van der Waals surface area contributed by atoms with Crippen molar-refractivity contribution in [3.63, 3.8) is 0 Å². The number of nitrogens with one attached hydrogen (secondary N) is 2. The standard InChI is InChI=1S/C19H23N5O3/c1-11-10-14(23-27-11)21-16(25)12(2)20-17(26)15-13-8-6-7-9-24(13)18(22-15)19(3,4)5/h6-10,12H,1-5H3,(H,20,26)(H,21,23,25). The van der Waals surface area contributed by atoms with Crippen LogP contribution in [-0.4, -0.2) is 32.4 Å². The number of aryl methyl sites for hydroxylation is 1. The molecule has 2 amide bonds. The molecular formula is C19H23N5O3. The van der Waals surface area contributed by atoms with E-state index in [2.05, 4.69) is 20.8 Å². The van der Waals surface area contributed by atoms with Crippen LogP contribution in [0.15, 0.2) is 35.0 Å². The Hall–Kier alpha value is -3.16. The molecule has 1 unspecified atom stereocenters. The molecule has 142 valence electrons. The predicted octanol–water partition coefficient (Wildman–Crippen LogP) is 2.69. The van der Waals surface area contributed by atoms with E-state index in [-0.39, 0.29) is 11.1 Å². The first-order chi connectivity index (χ1) is 12.7. The summed E-state index contributed by atoms with van der Waals surface area (Å²) in [4.78, 5) is 29.6. The van der Waals surface area contributed by atoms with Crippen LogP contribution in [0, 0.1) is 6.92 Å². The largest absolute Gasteiger partial charge is 0.360 e. The first-order valence-corrected chi connectivity index (χ1v) is 8.69. The van der Waals surface area contributed by atoms with Gasteiger partial charge in [-0.1, -0.05) is 32.0 Å². The fourth-order valence-electron chi connectivity index (χ4n) is 2.72. The van der Waals surface area contributed by atoms with Crippen molar-refractivity contribution in [2.24, 2.45) is 0 Å². The minimum atomic E-state index is -0.770.